The molecule has 0 heterocycles. The van der Waals surface area contributed by atoms with Gasteiger partial charge in [-0.3, -0.25) is 0 Å². The lowest BCUT2D eigenvalue weighted by atomic mass is 10.1. The maximum absolute atomic E-state index is 10.7. The minimum absolute atomic E-state index is 0.197. The van der Waals surface area contributed by atoms with E-state index in [4.69, 9.17) is 0 Å². The van der Waals surface area contributed by atoms with Crippen molar-refractivity contribution in [3.8, 4) is 0 Å². The Morgan fingerprint density at radius 3 is 2.36 bits per heavy atom. The Morgan fingerprint density at radius 2 is 2.00 bits per heavy atom. The number of methoxy groups -OCH3 is 1. The Labute approximate surface area is 68.1 Å². The van der Waals surface area contributed by atoms with E-state index in [0.717, 1.165) is 6.42 Å². The van der Waals surface area contributed by atoms with Crippen molar-refractivity contribution in [2.45, 2.75) is 33.2 Å². The number of nitrogens with one attached hydrogen (secondary N) is 1. The molecule has 66 valence electrons. The third-order valence-corrected chi connectivity index (χ3v) is 1.37. The van der Waals surface area contributed by atoms with E-state index in [1.807, 2.05) is 6.92 Å². The molecular formula is C8H17NO2. The highest BCUT2D eigenvalue weighted by atomic mass is 16.5. The highest BCUT2D eigenvalue weighted by molar-refractivity contribution is 5.67. The highest BCUT2D eigenvalue weighted by Gasteiger charge is 2.07. The fourth-order valence-electron chi connectivity index (χ4n) is 1.03. The molecule has 0 aromatic heterocycles. The van der Waals surface area contributed by atoms with E-state index in [1.54, 1.807) is 0 Å². The second-order valence-corrected chi connectivity index (χ2v) is 3.17. The van der Waals surface area contributed by atoms with Gasteiger partial charge in [-0.05, 0) is 19.3 Å². The van der Waals surface area contributed by atoms with E-state index < -0.39 is 0 Å². The highest BCUT2D eigenvalue weighted by Crippen LogP contribution is 2.03. The molecule has 0 aliphatic carbocycles. The van der Waals surface area contributed by atoms with Crippen molar-refractivity contribution in [3.05, 3.63) is 0 Å². The first-order valence-corrected chi connectivity index (χ1v) is 3.90. The van der Waals surface area contributed by atoms with Gasteiger partial charge in [0.05, 0.1) is 7.11 Å². The van der Waals surface area contributed by atoms with Crippen molar-refractivity contribution in [1.29, 1.82) is 0 Å². The zero-order valence-corrected chi connectivity index (χ0v) is 7.68. The van der Waals surface area contributed by atoms with E-state index in [1.165, 1.54) is 7.11 Å². The van der Waals surface area contributed by atoms with E-state index >= 15 is 0 Å². The zero-order valence-electron chi connectivity index (χ0n) is 7.68. The van der Waals surface area contributed by atoms with Crippen LogP contribution in [0.15, 0.2) is 0 Å². The van der Waals surface area contributed by atoms with E-state index in [-0.39, 0.29) is 12.1 Å². The summed E-state index contributed by atoms with van der Waals surface area (Å²) in [7, 11) is 1.37. The van der Waals surface area contributed by atoms with Crippen LogP contribution in [0.2, 0.25) is 0 Å². The topological polar surface area (TPSA) is 38.3 Å². The number of carbonyl (C=O) groups excluding carboxylic acids is 1. The van der Waals surface area contributed by atoms with Crippen LogP contribution in [0, 0.1) is 5.92 Å². The molecule has 1 unspecified atom stereocenters. The van der Waals surface area contributed by atoms with Gasteiger partial charge < -0.3 is 10.1 Å². The molecule has 0 fully saturated rings. The van der Waals surface area contributed by atoms with Gasteiger partial charge >= 0.3 is 6.09 Å². The zero-order chi connectivity index (χ0) is 8.85. The average Bonchev–Trinajstić information content (AvgIpc) is 1.85. The molecule has 1 amide bonds. The van der Waals surface area contributed by atoms with Gasteiger partial charge in [0.15, 0.2) is 0 Å². The summed E-state index contributed by atoms with van der Waals surface area (Å²) in [5, 5.41) is 2.70. The molecule has 0 aromatic carbocycles. The molecule has 1 N–H and O–H groups in total. The van der Waals surface area contributed by atoms with Crippen LogP contribution in [0.4, 0.5) is 4.79 Å². The van der Waals surface area contributed by atoms with Crippen molar-refractivity contribution in [2.75, 3.05) is 7.11 Å². The SMILES string of the molecule is COC(=O)NC(C)CC(C)C. The van der Waals surface area contributed by atoms with Gasteiger partial charge in [-0.2, -0.15) is 0 Å². The van der Waals surface area contributed by atoms with Gasteiger partial charge in [-0.1, -0.05) is 13.8 Å². The number of hydrogen-bond acceptors (Lipinski definition) is 2. The number of carbonyl (C=O) groups is 1. The standard InChI is InChI=1S/C8H17NO2/c1-6(2)5-7(3)9-8(10)11-4/h6-7H,5H2,1-4H3,(H,9,10). The number of ether oxygens (including phenoxy) is 1. The molecule has 0 saturated carbocycles. The van der Waals surface area contributed by atoms with E-state index in [0.29, 0.717) is 5.92 Å². The predicted octanol–water partition coefficient (Wildman–Crippen LogP) is 1.78. The molecule has 0 aliphatic rings. The fourth-order valence-corrected chi connectivity index (χ4v) is 1.03. The van der Waals surface area contributed by atoms with Crippen LogP contribution >= 0.6 is 0 Å². The summed E-state index contributed by atoms with van der Waals surface area (Å²) in [5.74, 6) is 0.599. The molecule has 0 radical (unpaired) electrons. The van der Waals surface area contributed by atoms with Gasteiger partial charge in [0.2, 0.25) is 0 Å². The van der Waals surface area contributed by atoms with Crippen molar-refractivity contribution in [3.63, 3.8) is 0 Å². The fraction of sp³-hybridized carbons (Fsp3) is 0.875. The molecule has 0 aliphatic heterocycles. The van der Waals surface area contributed by atoms with Crippen LogP contribution < -0.4 is 5.32 Å². The summed E-state index contributed by atoms with van der Waals surface area (Å²) >= 11 is 0. The molecule has 0 saturated heterocycles. The second-order valence-electron chi connectivity index (χ2n) is 3.17. The molecule has 0 rings (SSSR count). The summed E-state index contributed by atoms with van der Waals surface area (Å²) in [6.07, 6.45) is 0.632. The van der Waals surface area contributed by atoms with Gasteiger partial charge in [-0.25, -0.2) is 4.79 Å². The normalized spacial score (nSPS) is 12.8. The Kier molecular flexibility index (Phi) is 4.66. The maximum atomic E-state index is 10.7. The van der Waals surface area contributed by atoms with Crippen LogP contribution in [-0.2, 0) is 4.74 Å². The molecule has 0 bridgehead atoms. The lowest BCUT2D eigenvalue weighted by Gasteiger charge is -2.14. The first-order chi connectivity index (χ1) is 5.06. The van der Waals surface area contributed by atoms with Crippen LogP contribution in [0.3, 0.4) is 0 Å². The average molecular weight is 159 g/mol. The Balaban J connectivity index is 3.51. The summed E-state index contributed by atoms with van der Waals surface area (Å²) < 4.78 is 4.45. The van der Waals surface area contributed by atoms with Gasteiger partial charge in [0.25, 0.3) is 0 Å². The smallest absolute Gasteiger partial charge is 0.407 e. The number of alkyl carbamates (subject to hydrolysis) is 1. The number of rotatable bonds is 3. The van der Waals surface area contributed by atoms with Crippen molar-refractivity contribution < 1.29 is 9.53 Å². The monoisotopic (exact) mass is 159 g/mol. The predicted molar refractivity (Wildman–Crippen MR) is 44.5 cm³/mol. The van der Waals surface area contributed by atoms with Crippen LogP contribution in [0.25, 0.3) is 0 Å². The van der Waals surface area contributed by atoms with Crippen molar-refractivity contribution in [2.24, 2.45) is 5.92 Å². The summed E-state index contributed by atoms with van der Waals surface area (Å²) in [4.78, 5) is 10.7. The molecule has 11 heavy (non-hydrogen) atoms. The third kappa shape index (κ3) is 5.70. The lowest BCUT2D eigenvalue weighted by Crippen LogP contribution is -2.33. The Hall–Kier alpha value is -0.730. The molecule has 3 nitrogen and oxygen atoms in total. The summed E-state index contributed by atoms with van der Waals surface area (Å²) in [6, 6.07) is 0.197. The minimum Gasteiger partial charge on any atom is -0.453 e. The Bertz CT molecular complexity index is 123. The molecule has 3 heteroatoms. The maximum Gasteiger partial charge on any atom is 0.407 e. The molecule has 0 spiro atoms. The molecule has 1 atom stereocenters. The lowest BCUT2D eigenvalue weighted by molar-refractivity contribution is 0.166. The van der Waals surface area contributed by atoms with Gasteiger partial charge in [-0.15, -0.1) is 0 Å². The molecular weight excluding hydrogens is 142 g/mol. The third-order valence-electron chi connectivity index (χ3n) is 1.37. The van der Waals surface area contributed by atoms with Crippen LogP contribution in [0.1, 0.15) is 27.2 Å². The van der Waals surface area contributed by atoms with Gasteiger partial charge in [0, 0.05) is 6.04 Å². The number of amides is 1. The second kappa shape index (κ2) is 4.99. The van der Waals surface area contributed by atoms with Crippen LogP contribution in [0.5, 0.6) is 0 Å². The van der Waals surface area contributed by atoms with Crippen molar-refractivity contribution in [1.82, 2.24) is 5.32 Å². The number of hydrogen-bond donors (Lipinski definition) is 1. The minimum atomic E-state index is -0.349. The quantitative estimate of drug-likeness (QED) is 0.681. The first kappa shape index (κ1) is 10.3. The largest absolute Gasteiger partial charge is 0.453 e. The molecule has 0 aromatic rings. The first-order valence-electron chi connectivity index (χ1n) is 3.90. The summed E-state index contributed by atoms with van der Waals surface area (Å²) in [6.45, 7) is 6.21. The van der Waals surface area contributed by atoms with E-state index in [2.05, 4.69) is 23.9 Å². The van der Waals surface area contributed by atoms with E-state index in [9.17, 15) is 4.79 Å². The van der Waals surface area contributed by atoms with Gasteiger partial charge in [0.1, 0.15) is 0 Å². The summed E-state index contributed by atoms with van der Waals surface area (Å²) in [5.41, 5.74) is 0. The van der Waals surface area contributed by atoms with Crippen molar-refractivity contribution >= 4 is 6.09 Å². The Morgan fingerprint density at radius 1 is 1.45 bits per heavy atom. The van der Waals surface area contributed by atoms with Crippen LogP contribution in [-0.4, -0.2) is 19.2 Å².